The second kappa shape index (κ2) is 8.50. The Morgan fingerprint density at radius 1 is 1.00 bits per heavy atom. The molecule has 4 rings (SSSR count). The molecule has 156 valence electrons. The number of amides is 3. The van der Waals surface area contributed by atoms with Gasteiger partial charge < -0.3 is 5.32 Å². The van der Waals surface area contributed by atoms with Gasteiger partial charge in [0.1, 0.15) is 0 Å². The first-order chi connectivity index (χ1) is 13.9. The number of hydrogen-bond acceptors (Lipinski definition) is 3. The Kier molecular flexibility index (Phi) is 6.17. The number of imide groups is 1. The van der Waals surface area contributed by atoms with E-state index in [4.69, 9.17) is 0 Å². The maximum Gasteiger partial charge on any atom is 0.233 e. The topological polar surface area (TPSA) is 66.5 Å². The fourth-order valence-corrected chi connectivity index (χ4v) is 7.10. The van der Waals surface area contributed by atoms with Crippen molar-refractivity contribution in [2.75, 3.05) is 11.9 Å². The maximum absolute atomic E-state index is 12.8. The molecule has 3 aliphatic rings. The number of fused-ring (bicyclic) bond motifs is 5. The SMILES string of the molecule is Cc1ccc(NC(=O)CCCCCN2C(=O)[C@@H]3[C@H]4C[C@@H]([C@H](Br)[C@H]4Br)[C@@H]3C2=O)cc1. The molecule has 5 nitrogen and oxygen atoms in total. The fraction of sp³-hybridized carbons (Fsp3) is 0.591. The predicted molar refractivity (Wildman–Crippen MR) is 119 cm³/mol. The van der Waals surface area contributed by atoms with Crippen LogP contribution in [0.4, 0.5) is 5.69 Å². The van der Waals surface area contributed by atoms with E-state index in [1.54, 1.807) is 0 Å². The number of nitrogens with one attached hydrogen (secondary N) is 1. The first-order valence-corrected chi connectivity index (χ1v) is 12.2. The molecule has 2 aliphatic carbocycles. The summed E-state index contributed by atoms with van der Waals surface area (Å²) in [6.07, 6.45) is 3.73. The second-order valence-electron chi connectivity index (χ2n) is 8.56. The average molecular weight is 526 g/mol. The van der Waals surface area contributed by atoms with Gasteiger partial charge in [0.25, 0.3) is 0 Å². The van der Waals surface area contributed by atoms with Crippen molar-refractivity contribution in [3.8, 4) is 0 Å². The van der Waals surface area contributed by atoms with Crippen LogP contribution in [-0.4, -0.2) is 38.8 Å². The van der Waals surface area contributed by atoms with Gasteiger partial charge in [-0.25, -0.2) is 0 Å². The summed E-state index contributed by atoms with van der Waals surface area (Å²) in [6, 6.07) is 7.74. The maximum atomic E-state index is 12.8. The summed E-state index contributed by atoms with van der Waals surface area (Å²) in [5, 5.41) is 2.90. The molecule has 0 spiro atoms. The number of carbonyl (C=O) groups is 3. The second-order valence-corrected chi connectivity index (χ2v) is 10.7. The molecule has 7 heteroatoms. The summed E-state index contributed by atoms with van der Waals surface area (Å²) < 4.78 is 0. The number of halogens is 2. The Hall–Kier alpha value is -1.21. The largest absolute Gasteiger partial charge is 0.326 e. The van der Waals surface area contributed by atoms with Crippen molar-refractivity contribution >= 4 is 55.3 Å². The molecule has 1 heterocycles. The van der Waals surface area contributed by atoms with Gasteiger partial charge in [-0.15, -0.1) is 0 Å². The van der Waals surface area contributed by atoms with Gasteiger partial charge in [-0.2, -0.15) is 0 Å². The number of rotatable bonds is 7. The summed E-state index contributed by atoms with van der Waals surface area (Å²) in [5.41, 5.74) is 1.97. The number of unbranched alkanes of at least 4 members (excludes halogenated alkanes) is 2. The molecule has 0 aromatic heterocycles. The molecule has 29 heavy (non-hydrogen) atoms. The number of hydrogen-bond donors (Lipinski definition) is 1. The van der Waals surface area contributed by atoms with Gasteiger partial charge in [0.15, 0.2) is 0 Å². The quantitative estimate of drug-likeness (QED) is 0.328. The number of carbonyl (C=O) groups excluding carboxylic acids is 3. The van der Waals surface area contributed by atoms with Crippen LogP contribution in [0.5, 0.6) is 0 Å². The van der Waals surface area contributed by atoms with Crippen LogP contribution in [0, 0.1) is 30.6 Å². The summed E-state index contributed by atoms with van der Waals surface area (Å²) in [6.45, 7) is 2.49. The minimum Gasteiger partial charge on any atom is -0.326 e. The molecule has 2 saturated carbocycles. The predicted octanol–water partition coefficient (Wildman–Crippen LogP) is 4.27. The van der Waals surface area contributed by atoms with Crippen molar-refractivity contribution in [2.45, 2.75) is 48.7 Å². The van der Waals surface area contributed by atoms with Crippen LogP contribution >= 0.6 is 31.9 Å². The van der Waals surface area contributed by atoms with Crippen LogP contribution in [0.2, 0.25) is 0 Å². The lowest BCUT2D eigenvalue weighted by molar-refractivity contribution is -0.140. The molecule has 1 aromatic rings. The normalized spacial score (nSPS) is 32.7. The van der Waals surface area contributed by atoms with E-state index in [-0.39, 0.29) is 51.0 Å². The standard InChI is InChI=1S/C22H26Br2N2O3/c1-12-6-8-13(9-7-12)25-16(27)5-3-2-4-10-26-21(28)17-14-11-15(18(17)22(26)29)20(24)19(14)23/h6-9,14-15,17-20H,2-5,10-11H2,1H3,(H,25,27)/t14-,15-,17-,18+,19+,20+/m1/s1. The number of alkyl halides is 2. The van der Waals surface area contributed by atoms with Crippen LogP contribution in [-0.2, 0) is 14.4 Å². The third kappa shape index (κ3) is 3.92. The lowest BCUT2D eigenvalue weighted by Gasteiger charge is -2.28. The van der Waals surface area contributed by atoms with Crippen LogP contribution in [0.1, 0.15) is 37.7 Å². The Balaban J connectivity index is 1.20. The molecule has 3 amide bonds. The lowest BCUT2D eigenvalue weighted by atomic mass is 9.81. The highest BCUT2D eigenvalue weighted by Gasteiger charge is 2.66. The molecule has 6 atom stereocenters. The molecule has 0 radical (unpaired) electrons. The first kappa shape index (κ1) is 21.0. The summed E-state index contributed by atoms with van der Waals surface area (Å²) in [5.74, 6) is 0.307. The van der Waals surface area contributed by atoms with E-state index in [9.17, 15) is 14.4 Å². The van der Waals surface area contributed by atoms with Gasteiger partial charge >= 0.3 is 0 Å². The van der Waals surface area contributed by atoms with E-state index < -0.39 is 0 Å². The van der Waals surface area contributed by atoms with Crippen molar-refractivity contribution in [2.24, 2.45) is 23.7 Å². The summed E-state index contributed by atoms with van der Waals surface area (Å²) >= 11 is 7.42. The zero-order valence-electron chi connectivity index (χ0n) is 16.4. The minimum atomic E-state index is -0.133. The Morgan fingerprint density at radius 2 is 1.59 bits per heavy atom. The zero-order chi connectivity index (χ0) is 20.7. The molecule has 2 bridgehead atoms. The fourth-order valence-electron chi connectivity index (χ4n) is 5.22. The number of likely N-dealkylation sites (tertiary alicyclic amines) is 1. The van der Waals surface area contributed by atoms with Gasteiger partial charge in [0, 0.05) is 28.3 Å². The van der Waals surface area contributed by atoms with E-state index in [2.05, 4.69) is 37.2 Å². The molecule has 1 saturated heterocycles. The highest BCUT2D eigenvalue weighted by atomic mass is 79.9. The van der Waals surface area contributed by atoms with E-state index in [0.29, 0.717) is 13.0 Å². The van der Waals surface area contributed by atoms with Gasteiger partial charge in [-0.1, -0.05) is 56.0 Å². The average Bonchev–Trinajstić information content (AvgIpc) is 3.29. The van der Waals surface area contributed by atoms with Crippen molar-refractivity contribution in [3.63, 3.8) is 0 Å². The Morgan fingerprint density at radius 3 is 2.17 bits per heavy atom. The van der Waals surface area contributed by atoms with Gasteiger partial charge in [0.05, 0.1) is 11.8 Å². The molecular formula is C22H26Br2N2O3. The molecular weight excluding hydrogens is 500 g/mol. The third-order valence-corrected chi connectivity index (χ3v) is 9.91. The smallest absolute Gasteiger partial charge is 0.233 e. The molecule has 1 aromatic carbocycles. The van der Waals surface area contributed by atoms with E-state index in [1.807, 2.05) is 31.2 Å². The molecule has 1 N–H and O–H groups in total. The monoisotopic (exact) mass is 524 g/mol. The molecule has 1 aliphatic heterocycles. The van der Waals surface area contributed by atoms with E-state index in [0.717, 1.165) is 36.9 Å². The van der Waals surface area contributed by atoms with Crippen molar-refractivity contribution < 1.29 is 14.4 Å². The lowest BCUT2D eigenvalue weighted by Crippen LogP contribution is -2.37. The first-order valence-electron chi connectivity index (χ1n) is 10.4. The Bertz CT molecular complexity index is 781. The van der Waals surface area contributed by atoms with Crippen LogP contribution in [0.25, 0.3) is 0 Å². The highest BCUT2D eigenvalue weighted by Crippen LogP contribution is 2.60. The van der Waals surface area contributed by atoms with Crippen molar-refractivity contribution in [1.29, 1.82) is 0 Å². The van der Waals surface area contributed by atoms with Crippen molar-refractivity contribution in [1.82, 2.24) is 4.90 Å². The van der Waals surface area contributed by atoms with Crippen LogP contribution in [0.3, 0.4) is 0 Å². The third-order valence-electron chi connectivity index (χ3n) is 6.70. The minimum absolute atomic E-state index is 0.0000100. The van der Waals surface area contributed by atoms with Crippen LogP contribution in [0.15, 0.2) is 24.3 Å². The Labute approximate surface area is 188 Å². The van der Waals surface area contributed by atoms with E-state index >= 15 is 0 Å². The zero-order valence-corrected chi connectivity index (χ0v) is 19.6. The highest BCUT2D eigenvalue weighted by molar-refractivity contribution is 9.12. The van der Waals surface area contributed by atoms with E-state index in [1.165, 1.54) is 4.90 Å². The van der Waals surface area contributed by atoms with Crippen LogP contribution < -0.4 is 5.32 Å². The summed E-state index contributed by atoms with van der Waals surface area (Å²) in [4.78, 5) is 39.8. The van der Waals surface area contributed by atoms with Gasteiger partial charge in [-0.05, 0) is 50.2 Å². The number of nitrogens with zero attached hydrogens (tertiary/aromatic N) is 1. The van der Waals surface area contributed by atoms with Crippen molar-refractivity contribution in [3.05, 3.63) is 29.8 Å². The molecule has 0 unspecified atom stereocenters. The summed E-state index contributed by atoms with van der Waals surface area (Å²) in [7, 11) is 0. The van der Waals surface area contributed by atoms with Gasteiger partial charge in [-0.3, -0.25) is 19.3 Å². The number of anilines is 1. The number of benzene rings is 1. The molecule has 3 fully saturated rings. The number of aryl methyl sites for hydroxylation is 1. The van der Waals surface area contributed by atoms with Gasteiger partial charge in [0.2, 0.25) is 17.7 Å².